The van der Waals surface area contributed by atoms with Crippen molar-refractivity contribution in [2.24, 2.45) is 0 Å². The Bertz CT molecular complexity index is 466. The molecule has 0 spiro atoms. The van der Waals surface area contributed by atoms with Gasteiger partial charge < -0.3 is 19.7 Å². The average molecular weight is 296 g/mol. The van der Waals surface area contributed by atoms with Crippen LogP contribution in [0.15, 0.2) is 16.5 Å². The summed E-state index contributed by atoms with van der Waals surface area (Å²) in [7, 11) is 0. The Balaban J connectivity index is 2.37. The number of carboxylic acid groups (broad SMARTS) is 1. The van der Waals surface area contributed by atoms with E-state index in [9.17, 15) is 9.59 Å². The number of carboxylic acids is 1. The van der Waals surface area contributed by atoms with Gasteiger partial charge in [0.2, 0.25) is 5.76 Å². The molecule has 1 amide bonds. The number of carbonyl (C=O) groups is 2. The summed E-state index contributed by atoms with van der Waals surface area (Å²) in [4.78, 5) is 24.9. The zero-order chi connectivity index (χ0) is 15.8. The summed E-state index contributed by atoms with van der Waals surface area (Å²) >= 11 is 0. The van der Waals surface area contributed by atoms with E-state index in [2.05, 4.69) is 24.1 Å². The molecule has 6 heteroatoms. The Morgan fingerprint density at radius 1 is 1.29 bits per heavy atom. The summed E-state index contributed by atoms with van der Waals surface area (Å²) < 4.78 is 4.97. The summed E-state index contributed by atoms with van der Waals surface area (Å²) in [5, 5.41) is 11.6. The van der Waals surface area contributed by atoms with E-state index >= 15 is 0 Å². The van der Waals surface area contributed by atoms with Crippen molar-refractivity contribution in [2.45, 2.75) is 39.7 Å². The minimum absolute atomic E-state index is 0.0199. The van der Waals surface area contributed by atoms with Gasteiger partial charge >= 0.3 is 5.97 Å². The normalized spacial score (nSPS) is 12.4. The number of nitrogens with zero attached hydrogens (tertiary/aromatic N) is 1. The van der Waals surface area contributed by atoms with Crippen molar-refractivity contribution in [3.8, 4) is 0 Å². The Labute approximate surface area is 125 Å². The molecular weight excluding hydrogens is 272 g/mol. The van der Waals surface area contributed by atoms with Crippen LogP contribution in [-0.2, 0) is 0 Å². The smallest absolute Gasteiger partial charge is 0.371 e. The van der Waals surface area contributed by atoms with E-state index in [0.717, 1.165) is 32.5 Å². The van der Waals surface area contributed by atoms with E-state index in [4.69, 9.17) is 9.52 Å². The van der Waals surface area contributed by atoms with Gasteiger partial charge in [-0.1, -0.05) is 13.8 Å². The molecule has 1 heterocycles. The molecule has 1 unspecified atom stereocenters. The first-order valence-corrected chi connectivity index (χ1v) is 7.34. The summed E-state index contributed by atoms with van der Waals surface area (Å²) in [5.41, 5.74) is 0. The van der Waals surface area contributed by atoms with Crippen LogP contribution in [0.1, 0.15) is 54.7 Å². The SMILES string of the molecule is CCN(CC)CCCC(C)NC(=O)c1ccc(C(=O)O)o1. The van der Waals surface area contributed by atoms with E-state index in [1.807, 2.05) is 6.92 Å². The summed E-state index contributed by atoms with van der Waals surface area (Å²) in [6.07, 6.45) is 1.87. The van der Waals surface area contributed by atoms with Crippen LogP contribution in [0.2, 0.25) is 0 Å². The molecule has 6 nitrogen and oxygen atoms in total. The predicted molar refractivity (Wildman–Crippen MR) is 79.6 cm³/mol. The topological polar surface area (TPSA) is 82.8 Å². The Morgan fingerprint density at radius 2 is 1.90 bits per heavy atom. The van der Waals surface area contributed by atoms with Gasteiger partial charge in [-0.2, -0.15) is 0 Å². The first kappa shape index (κ1) is 17.2. The van der Waals surface area contributed by atoms with Crippen molar-refractivity contribution in [1.29, 1.82) is 0 Å². The molecule has 1 rings (SSSR count). The third-order valence-corrected chi connectivity index (χ3v) is 3.42. The molecule has 0 saturated heterocycles. The summed E-state index contributed by atoms with van der Waals surface area (Å²) in [6, 6.07) is 2.68. The van der Waals surface area contributed by atoms with Gasteiger partial charge in [-0.15, -0.1) is 0 Å². The maximum Gasteiger partial charge on any atom is 0.371 e. The number of carbonyl (C=O) groups excluding carboxylic acids is 1. The molecule has 0 aromatic carbocycles. The van der Waals surface area contributed by atoms with E-state index in [1.165, 1.54) is 12.1 Å². The van der Waals surface area contributed by atoms with Crippen molar-refractivity contribution in [3.63, 3.8) is 0 Å². The number of aromatic carboxylic acids is 1. The zero-order valence-electron chi connectivity index (χ0n) is 12.9. The van der Waals surface area contributed by atoms with E-state index in [1.54, 1.807) is 0 Å². The van der Waals surface area contributed by atoms with Crippen LogP contribution < -0.4 is 5.32 Å². The number of hydrogen-bond acceptors (Lipinski definition) is 4. The predicted octanol–water partition coefficient (Wildman–Crippen LogP) is 2.22. The molecule has 0 saturated carbocycles. The largest absolute Gasteiger partial charge is 0.475 e. The Kier molecular flexibility index (Phi) is 6.94. The lowest BCUT2D eigenvalue weighted by molar-refractivity contribution is 0.0659. The number of hydrogen-bond donors (Lipinski definition) is 2. The van der Waals surface area contributed by atoms with Gasteiger partial charge in [-0.3, -0.25) is 4.79 Å². The quantitative estimate of drug-likeness (QED) is 0.730. The highest BCUT2D eigenvalue weighted by molar-refractivity contribution is 5.93. The molecule has 1 atom stereocenters. The Hall–Kier alpha value is -1.82. The molecule has 0 aliphatic heterocycles. The molecule has 1 aromatic heterocycles. The van der Waals surface area contributed by atoms with Crippen molar-refractivity contribution < 1.29 is 19.1 Å². The van der Waals surface area contributed by atoms with Gasteiger partial charge in [0.15, 0.2) is 5.76 Å². The molecular formula is C15H24N2O4. The van der Waals surface area contributed by atoms with Crippen molar-refractivity contribution in [1.82, 2.24) is 10.2 Å². The van der Waals surface area contributed by atoms with Crippen LogP contribution in [0.3, 0.4) is 0 Å². The van der Waals surface area contributed by atoms with E-state index < -0.39 is 5.97 Å². The van der Waals surface area contributed by atoms with E-state index in [-0.39, 0.29) is 23.5 Å². The van der Waals surface area contributed by atoms with Gasteiger partial charge in [-0.05, 0) is 51.5 Å². The van der Waals surface area contributed by atoms with Crippen molar-refractivity contribution in [3.05, 3.63) is 23.7 Å². The van der Waals surface area contributed by atoms with Crippen LogP contribution >= 0.6 is 0 Å². The molecule has 118 valence electrons. The van der Waals surface area contributed by atoms with Crippen LogP contribution in [0, 0.1) is 0 Å². The standard InChI is InChI=1S/C15H24N2O4/c1-4-17(5-2)10-6-7-11(3)16-14(18)12-8-9-13(21-12)15(19)20/h8-9,11H,4-7,10H2,1-3H3,(H,16,18)(H,19,20). The third kappa shape index (κ3) is 5.59. The maximum atomic E-state index is 11.9. The Morgan fingerprint density at radius 3 is 2.43 bits per heavy atom. The lowest BCUT2D eigenvalue weighted by Gasteiger charge is -2.19. The van der Waals surface area contributed by atoms with Gasteiger partial charge in [0.25, 0.3) is 5.91 Å². The monoisotopic (exact) mass is 296 g/mol. The van der Waals surface area contributed by atoms with Gasteiger partial charge in [0.05, 0.1) is 0 Å². The fraction of sp³-hybridized carbons (Fsp3) is 0.600. The first-order valence-electron chi connectivity index (χ1n) is 7.34. The number of nitrogens with one attached hydrogen (secondary N) is 1. The fourth-order valence-corrected chi connectivity index (χ4v) is 2.10. The second kappa shape index (κ2) is 8.46. The molecule has 0 fully saturated rings. The molecule has 0 bridgehead atoms. The molecule has 1 aromatic rings. The number of furan rings is 1. The van der Waals surface area contributed by atoms with Crippen molar-refractivity contribution >= 4 is 11.9 Å². The number of amides is 1. The highest BCUT2D eigenvalue weighted by Gasteiger charge is 2.16. The lowest BCUT2D eigenvalue weighted by Crippen LogP contribution is -2.33. The second-order valence-electron chi connectivity index (χ2n) is 5.01. The van der Waals surface area contributed by atoms with Gasteiger partial charge in [0.1, 0.15) is 0 Å². The number of rotatable bonds is 9. The second-order valence-corrected chi connectivity index (χ2v) is 5.01. The zero-order valence-corrected chi connectivity index (χ0v) is 12.9. The molecule has 0 radical (unpaired) electrons. The van der Waals surface area contributed by atoms with E-state index in [0.29, 0.717) is 0 Å². The highest BCUT2D eigenvalue weighted by Crippen LogP contribution is 2.08. The molecule has 0 aliphatic carbocycles. The molecule has 0 aliphatic rings. The highest BCUT2D eigenvalue weighted by atomic mass is 16.4. The summed E-state index contributed by atoms with van der Waals surface area (Å²) in [6.45, 7) is 9.26. The lowest BCUT2D eigenvalue weighted by atomic mass is 10.1. The minimum Gasteiger partial charge on any atom is -0.475 e. The summed E-state index contributed by atoms with van der Waals surface area (Å²) in [5.74, 6) is -1.75. The average Bonchev–Trinajstić information content (AvgIpc) is 2.93. The van der Waals surface area contributed by atoms with Crippen LogP contribution in [-0.4, -0.2) is 47.6 Å². The van der Waals surface area contributed by atoms with Crippen molar-refractivity contribution in [2.75, 3.05) is 19.6 Å². The maximum absolute atomic E-state index is 11.9. The fourth-order valence-electron chi connectivity index (χ4n) is 2.10. The van der Waals surface area contributed by atoms with Crippen LogP contribution in [0.25, 0.3) is 0 Å². The molecule has 21 heavy (non-hydrogen) atoms. The van der Waals surface area contributed by atoms with Gasteiger partial charge in [-0.25, -0.2) is 4.79 Å². The van der Waals surface area contributed by atoms with Crippen LogP contribution in [0.4, 0.5) is 0 Å². The van der Waals surface area contributed by atoms with Crippen LogP contribution in [0.5, 0.6) is 0 Å². The third-order valence-electron chi connectivity index (χ3n) is 3.42. The minimum atomic E-state index is -1.18. The molecule has 2 N–H and O–H groups in total. The van der Waals surface area contributed by atoms with Gasteiger partial charge in [0, 0.05) is 6.04 Å². The first-order chi connectivity index (χ1) is 9.97.